The molecule has 2 aliphatic rings. The third-order valence-electron chi connectivity index (χ3n) is 4.64. The number of rotatable bonds is 4. The van der Waals surface area contributed by atoms with Crippen LogP contribution < -0.4 is 5.32 Å². The molecule has 1 heterocycles. The minimum atomic E-state index is -0.766. The number of carbonyl (C=O) groups excluding carboxylic acids is 2. The van der Waals surface area contributed by atoms with Crippen molar-refractivity contribution in [3.63, 3.8) is 0 Å². The molecule has 6 nitrogen and oxygen atoms in total. The first-order chi connectivity index (χ1) is 13.1. The number of likely N-dealkylation sites (tertiary alicyclic amines) is 1. The molecule has 0 unspecified atom stereocenters. The molecule has 1 saturated carbocycles. The number of ether oxygens (including phenoxy) is 1. The van der Waals surface area contributed by atoms with Crippen LogP contribution in [0.2, 0.25) is 5.02 Å². The molecule has 1 saturated heterocycles. The standard InChI is InChI=1S/C20H24ClN3O3S/c1-19(2,3)27-18(26)24-11-15(28-14-6-4-13(21)5-7-14)10-16(24)17(25)23-20(12-22)8-9-20/h4-7,15-16H,8-11H2,1-3H3,(H,23,25)/t15-,16+/m1/s1. The zero-order valence-electron chi connectivity index (χ0n) is 16.2. The number of nitrogens with one attached hydrogen (secondary N) is 1. The SMILES string of the molecule is CC(C)(C)OC(=O)N1C[C@H](Sc2ccc(Cl)cc2)C[C@H]1C(=O)NC1(C#N)CC1. The average Bonchev–Trinajstić information content (AvgIpc) is 3.25. The van der Waals surface area contributed by atoms with Crippen molar-refractivity contribution in [2.24, 2.45) is 0 Å². The molecule has 1 aromatic carbocycles. The highest BCUT2D eigenvalue weighted by Crippen LogP contribution is 2.37. The van der Waals surface area contributed by atoms with Gasteiger partial charge in [0.15, 0.2) is 0 Å². The predicted molar refractivity (Wildman–Crippen MR) is 108 cm³/mol. The number of hydrogen-bond donors (Lipinski definition) is 1. The van der Waals surface area contributed by atoms with Crippen LogP contribution >= 0.6 is 23.4 Å². The third kappa shape index (κ3) is 5.12. The van der Waals surface area contributed by atoms with Gasteiger partial charge in [-0.05, 0) is 64.3 Å². The van der Waals surface area contributed by atoms with Crippen molar-refractivity contribution in [1.82, 2.24) is 10.2 Å². The first-order valence-electron chi connectivity index (χ1n) is 9.26. The summed E-state index contributed by atoms with van der Waals surface area (Å²) < 4.78 is 5.50. The van der Waals surface area contributed by atoms with Crippen molar-refractivity contribution in [3.05, 3.63) is 29.3 Å². The molecule has 0 spiro atoms. The Hall–Kier alpha value is -1.91. The molecule has 1 aliphatic heterocycles. The predicted octanol–water partition coefficient (Wildman–Crippen LogP) is 3.98. The van der Waals surface area contributed by atoms with Crippen LogP contribution in [-0.4, -0.2) is 45.9 Å². The Morgan fingerprint density at radius 1 is 1.32 bits per heavy atom. The summed E-state index contributed by atoms with van der Waals surface area (Å²) in [6, 6.07) is 9.00. The van der Waals surface area contributed by atoms with E-state index in [1.54, 1.807) is 32.5 Å². The summed E-state index contributed by atoms with van der Waals surface area (Å²) in [4.78, 5) is 28.1. The van der Waals surface area contributed by atoms with Crippen LogP contribution in [0.1, 0.15) is 40.0 Å². The van der Waals surface area contributed by atoms with Crippen molar-refractivity contribution in [2.75, 3.05) is 6.54 Å². The van der Waals surface area contributed by atoms with Gasteiger partial charge in [0.05, 0.1) is 6.07 Å². The number of amides is 2. The zero-order chi connectivity index (χ0) is 20.5. The van der Waals surface area contributed by atoms with Crippen molar-refractivity contribution in [1.29, 1.82) is 5.26 Å². The second-order valence-corrected chi connectivity index (χ2v) is 10.1. The fourth-order valence-electron chi connectivity index (χ4n) is 3.07. The Morgan fingerprint density at radius 3 is 2.50 bits per heavy atom. The monoisotopic (exact) mass is 421 g/mol. The van der Waals surface area contributed by atoms with E-state index in [1.165, 1.54) is 4.90 Å². The average molecular weight is 422 g/mol. The molecule has 0 aromatic heterocycles. The Balaban J connectivity index is 1.73. The largest absolute Gasteiger partial charge is 0.444 e. The highest BCUT2D eigenvalue weighted by Gasteiger charge is 2.49. The van der Waals surface area contributed by atoms with E-state index in [-0.39, 0.29) is 11.2 Å². The zero-order valence-corrected chi connectivity index (χ0v) is 17.8. The van der Waals surface area contributed by atoms with E-state index in [4.69, 9.17) is 16.3 Å². The van der Waals surface area contributed by atoms with E-state index in [2.05, 4.69) is 11.4 Å². The first kappa shape index (κ1) is 20.8. The van der Waals surface area contributed by atoms with E-state index in [1.807, 2.05) is 24.3 Å². The smallest absolute Gasteiger partial charge is 0.411 e. The molecular formula is C20H24ClN3O3S. The summed E-state index contributed by atoms with van der Waals surface area (Å²) in [5.41, 5.74) is -1.41. The van der Waals surface area contributed by atoms with E-state index in [0.29, 0.717) is 30.8 Å². The van der Waals surface area contributed by atoms with Crippen molar-refractivity contribution in [2.45, 2.75) is 67.4 Å². The lowest BCUT2D eigenvalue weighted by Crippen LogP contribution is -2.50. The number of nitriles is 1. The van der Waals surface area contributed by atoms with Crippen LogP contribution in [-0.2, 0) is 9.53 Å². The fourth-order valence-corrected chi connectivity index (χ4v) is 4.39. The van der Waals surface area contributed by atoms with Crippen LogP contribution in [0.5, 0.6) is 0 Å². The molecule has 1 aliphatic carbocycles. The number of benzene rings is 1. The van der Waals surface area contributed by atoms with Crippen LogP contribution in [0.25, 0.3) is 0 Å². The van der Waals surface area contributed by atoms with Gasteiger partial charge in [-0.15, -0.1) is 11.8 Å². The molecule has 3 rings (SSSR count). The van der Waals surface area contributed by atoms with Gasteiger partial charge in [-0.3, -0.25) is 9.69 Å². The molecule has 1 aromatic rings. The summed E-state index contributed by atoms with van der Waals surface area (Å²) >= 11 is 7.55. The number of hydrogen-bond acceptors (Lipinski definition) is 5. The Kier molecular flexibility index (Phi) is 5.83. The maximum Gasteiger partial charge on any atom is 0.411 e. The molecular weight excluding hydrogens is 398 g/mol. The highest BCUT2D eigenvalue weighted by molar-refractivity contribution is 8.00. The minimum Gasteiger partial charge on any atom is -0.444 e. The van der Waals surface area contributed by atoms with Crippen LogP contribution in [0, 0.1) is 11.3 Å². The molecule has 1 N–H and O–H groups in total. The molecule has 0 radical (unpaired) electrons. The normalized spacial score (nSPS) is 23.0. The van der Waals surface area contributed by atoms with Gasteiger partial charge in [-0.25, -0.2) is 4.79 Å². The summed E-state index contributed by atoms with van der Waals surface area (Å²) in [6.45, 7) is 5.79. The molecule has 8 heteroatoms. The Bertz CT molecular complexity index is 796. The molecule has 150 valence electrons. The van der Waals surface area contributed by atoms with Crippen LogP contribution in [0.15, 0.2) is 29.2 Å². The second-order valence-electron chi connectivity index (χ2n) is 8.26. The van der Waals surface area contributed by atoms with Gasteiger partial charge in [0, 0.05) is 21.7 Å². The maximum atomic E-state index is 12.8. The van der Waals surface area contributed by atoms with Gasteiger partial charge >= 0.3 is 6.09 Å². The number of halogens is 1. The van der Waals surface area contributed by atoms with Gasteiger partial charge in [0.2, 0.25) is 5.91 Å². The van der Waals surface area contributed by atoms with E-state index >= 15 is 0 Å². The molecule has 0 bridgehead atoms. The number of carbonyl (C=O) groups is 2. The lowest BCUT2D eigenvalue weighted by atomic mass is 10.2. The van der Waals surface area contributed by atoms with E-state index in [9.17, 15) is 14.9 Å². The third-order valence-corrected chi connectivity index (χ3v) is 6.11. The summed E-state index contributed by atoms with van der Waals surface area (Å²) in [5.74, 6) is -0.288. The second kappa shape index (κ2) is 7.84. The first-order valence-corrected chi connectivity index (χ1v) is 10.5. The fraction of sp³-hybridized carbons (Fsp3) is 0.550. The Morgan fingerprint density at radius 2 is 1.96 bits per heavy atom. The van der Waals surface area contributed by atoms with Crippen LogP contribution in [0.3, 0.4) is 0 Å². The van der Waals surface area contributed by atoms with Gasteiger partial charge in [-0.1, -0.05) is 11.6 Å². The van der Waals surface area contributed by atoms with E-state index < -0.39 is 23.3 Å². The molecule has 2 atom stereocenters. The minimum absolute atomic E-state index is 0.0432. The number of thioether (sulfide) groups is 1. The quantitative estimate of drug-likeness (QED) is 0.794. The summed E-state index contributed by atoms with van der Waals surface area (Å²) in [6.07, 6.45) is 1.29. The molecule has 2 fully saturated rings. The van der Waals surface area contributed by atoms with Crippen molar-refractivity contribution < 1.29 is 14.3 Å². The van der Waals surface area contributed by atoms with E-state index in [0.717, 1.165) is 4.90 Å². The van der Waals surface area contributed by atoms with Gasteiger partial charge in [0.1, 0.15) is 17.2 Å². The van der Waals surface area contributed by atoms with Gasteiger partial charge in [-0.2, -0.15) is 5.26 Å². The maximum absolute atomic E-state index is 12.8. The molecule has 2 amide bonds. The van der Waals surface area contributed by atoms with Gasteiger partial charge in [0.25, 0.3) is 0 Å². The Labute approximate surface area is 174 Å². The van der Waals surface area contributed by atoms with Crippen molar-refractivity contribution in [3.8, 4) is 6.07 Å². The number of nitrogens with zero attached hydrogens (tertiary/aromatic N) is 2. The summed E-state index contributed by atoms with van der Waals surface area (Å²) in [7, 11) is 0. The van der Waals surface area contributed by atoms with Gasteiger partial charge < -0.3 is 10.1 Å². The topological polar surface area (TPSA) is 82.4 Å². The van der Waals surface area contributed by atoms with Crippen molar-refractivity contribution >= 4 is 35.4 Å². The lowest BCUT2D eigenvalue weighted by Gasteiger charge is -2.28. The van der Waals surface area contributed by atoms with Crippen LogP contribution in [0.4, 0.5) is 4.79 Å². The lowest BCUT2D eigenvalue weighted by molar-refractivity contribution is -0.126. The molecule has 28 heavy (non-hydrogen) atoms. The highest BCUT2D eigenvalue weighted by atomic mass is 35.5. The summed E-state index contributed by atoms with van der Waals surface area (Å²) in [5, 5.41) is 12.8.